The fourth-order valence-electron chi connectivity index (χ4n) is 1.59. The van der Waals surface area contributed by atoms with Gasteiger partial charge in [-0.25, -0.2) is 0 Å². The molecule has 1 rings (SSSR count). The maximum Gasteiger partial charge on any atom is 0.0939 e. The Morgan fingerprint density at radius 2 is 2.13 bits per heavy atom. The van der Waals surface area contributed by atoms with Gasteiger partial charge in [0, 0.05) is 0 Å². The second-order valence-corrected chi connectivity index (χ2v) is 5.24. The van der Waals surface area contributed by atoms with E-state index in [1.807, 2.05) is 6.26 Å². The lowest BCUT2D eigenvalue weighted by atomic mass is 9.83. The molecule has 0 unspecified atom stereocenters. The van der Waals surface area contributed by atoms with Gasteiger partial charge < -0.3 is 9.73 Å². The molecule has 0 aliphatic heterocycles. The van der Waals surface area contributed by atoms with Gasteiger partial charge in [0.1, 0.15) is 0 Å². The first-order chi connectivity index (χ1) is 7.02. The lowest BCUT2D eigenvalue weighted by Gasteiger charge is -2.23. The summed E-state index contributed by atoms with van der Waals surface area (Å²) in [6, 6.07) is 2.06. The van der Waals surface area contributed by atoms with Gasteiger partial charge in [-0.2, -0.15) is 0 Å². The molecule has 86 valence electrons. The Kier molecular flexibility index (Phi) is 4.40. The van der Waals surface area contributed by atoms with Crippen molar-refractivity contribution in [2.45, 2.75) is 39.5 Å². The second-order valence-electron chi connectivity index (χ2n) is 5.24. The number of nitrogens with one attached hydrogen (secondary N) is 1. The van der Waals surface area contributed by atoms with Crippen molar-refractivity contribution in [3.63, 3.8) is 0 Å². The van der Waals surface area contributed by atoms with Gasteiger partial charge in [0.2, 0.25) is 0 Å². The van der Waals surface area contributed by atoms with Gasteiger partial charge in [-0.15, -0.1) is 0 Å². The van der Waals surface area contributed by atoms with Crippen LogP contribution in [-0.2, 0) is 5.41 Å². The van der Waals surface area contributed by atoms with E-state index in [4.69, 9.17) is 4.42 Å². The van der Waals surface area contributed by atoms with Crippen LogP contribution in [0.15, 0.2) is 23.0 Å². The Morgan fingerprint density at radius 1 is 1.40 bits per heavy atom. The summed E-state index contributed by atoms with van der Waals surface area (Å²) in [5.74, 6) is 0.724. The summed E-state index contributed by atoms with van der Waals surface area (Å²) in [6.07, 6.45) is 4.74. The van der Waals surface area contributed by atoms with E-state index in [0.717, 1.165) is 25.4 Å². The fraction of sp³-hybridized carbons (Fsp3) is 0.692. The van der Waals surface area contributed by atoms with Crippen LogP contribution in [-0.4, -0.2) is 13.1 Å². The van der Waals surface area contributed by atoms with E-state index in [1.165, 1.54) is 5.56 Å². The van der Waals surface area contributed by atoms with Gasteiger partial charge in [-0.3, -0.25) is 0 Å². The van der Waals surface area contributed by atoms with Gasteiger partial charge in [0.25, 0.3) is 0 Å². The normalized spacial score (nSPS) is 12.3. The zero-order valence-corrected chi connectivity index (χ0v) is 10.3. The fourth-order valence-corrected chi connectivity index (χ4v) is 1.59. The van der Waals surface area contributed by atoms with Crippen molar-refractivity contribution in [3.8, 4) is 0 Å². The van der Waals surface area contributed by atoms with Crippen molar-refractivity contribution < 1.29 is 4.42 Å². The van der Waals surface area contributed by atoms with E-state index >= 15 is 0 Å². The minimum Gasteiger partial charge on any atom is -0.472 e. The number of furan rings is 1. The highest BCUT2D eigenvalue weighted by atomic mass is 16.3. The first kappa shape index (κ1) is 12.3. The predicted octanol–water partition coefficient (Wildman–Crippen LogP) is 3.19. The van der Waals surface area contributed by atoms with E-state index in [-0.39, 0.29) is 5.41 Å². The minimum absolute atomic E-state index is 0.205. The Bertz CT molecular complexity index is 262. The lowest BCUT2D eigenvalue weighted by molar-refractivity contribution is 0.436. The quantitative estimate of drug-likeness (QED) is 0.728. The largest absolute Gasteiger partial charge is 0.472 e. The molecule has 0 bridgehead atoms. The number of hydrogen-bond donors (Lipinski definition) is 1. The molecule has 15 heavy (non-hydrogen) atoms. The summed E-state index contributed by atoms with van der Waals surface area (Å²) in [7, 11) is 0. The van der Waals surface area contributed by atoms with Crippen LogP contribution < -0.4 is 5.32 Å². The van der Waals surface area contributed by atoms with Crippen molar-refractivity contribution in [1.29, 1.82) is 0 Å². The molecule has 1 heterocycles. The molecule has 0 amide bonds. The molecule has 1 aromatic rings. The van der Waals surface area contributed by atoms with E-state index in [0.29, 0.717) is 0 Å². The van der Waals surface area contributed by atoms with Crippen molar-refractivity contribution in [2.24, 2.45) is 5.92 Å². The van der Waals surface area contributed by atoms with Gasteiger partial charge in [0.05, 0.1) is 12.5 Å². The molecule has 0 aliphatic rings. The highest BCUT2D eigenvalue weighted by Gasteiger charge is 2.20. The van der Waals surface area contributed by atoms with Crippen LogP contribution in [0.2, 0.25) is 0 Å². The van der Waals surface area contributed by atoms with Crippen LogP contribution in [0.3, 0.4) is 0 Å². The summed E-state index contributed by atoms with van der Waals surface area (Å²) in [6.45, 7) is 11.1. The van der Waals surface area contributed by atoms with Gasteiger partial charge in [-0.05, 0) is 42.5 Å². The van der Waals surface area contributed by atoms with E-state index in [9.17, 15) is 0 Å². The first-order valence-electron chi connectivity index (χ1n) is 5.76. The number of hydrogen-bond acceptors (Lipinski definition) is 2. The zero-order chi connectivity index (χ0) is 11.3. The zero-order valence-electron chi connectivity index (χ0n) is 10.3. The van der Waals surface area contributed by atoms with Gasteiger partial charge in [0.15, 0.2) is 0 Å². The molecule has 0 saturated heterocycles. The number of rotatable bonds is 6. The molecule has 1 N–H and O–H groups in total. The molecule has 2 heteroatoms. The average molecular weight is 209 g/mol. The van der Waals surface area contributed by atoms with E-state index < -0.39 is 0 Å². The van der Waals surface area contributed by atoms with Crippen LogP contribution >= 0.6 is 0 Å². The maximum atomic E-state index is 5.12. The summed E-state index contributed by atoms with van der Waals surface area (Å²) >= 11 is 0. The summed E-state index contributed by atoms with van der Waals surface area (Å²) < 4.78 is 5.12. The maximum absolute atomic E-state index is 5.12. The van der Waals surface area contributed by atoms with E-state index in [1.54, 1.807) is 6.26 Å². The topological polar surface area (TPSA) is 25.2 Å². The SMILES string of the molecule is CC(C)CNCCC(C)(C)c1ccoc1. The third-order valence-electron chi connectivity index (χ3n) is 2.78. The highest BCUT2D eigenvalue weighted by molar-refractivity contribution is 5.17. The van der Waals surface area contributed by atoms with E-state index in [2.05, 4.69) is 39.1 Å². The van der Waals surface area contributed by atoms with Gasteiger partial charge >= 0.3 is 0 Å². The molecular formula is C13H23NO. The Morgan fingerprint density at radius 3 is 2.67 bits per heavy atom. The van der Waals surface area contributed by atoms with Crippen molar-refractivity contribution in [2.75, 3.05) is 13.1 Å². The molecule has 0 fully saturated rings. The second kappa shape index (κ2) is 5.36. The van der Waals surface area contributed by atoms with Crippen LogP contribution in [0, 0.1) is 5.92 Å². The van der Waals surface area contributed by atoms with Gasteiger partial charge in [-0.1, -0.05) is 27.7 Å². The molecular weight excluding hydrogens is 186 g/mol. The Labute approximate surface area is 93.1 Å². The van der Waals surface area contributed by atoms with Crippen LogP contribution in [0.4, 0.5) is 0 Å². The van der Waals surface area contributed by atoms with Crippen molar-refractivity contribution in [3.05, 3.63) is 24.2 Å². The standard InChI is InChI=1S/C13H23NO/c1-11(2)9-14-7-6-13(3,4)12-5-8-15-10-12/h5,8,10-11,14H,6-7,9H2,1-4H3. The Hall–Kier alpha value is -0.760. The van der Waals surface area contributed by atoms with Crippen LogP contribution in [0.25, 0.3) is 0 Å². The summed E-state index contributed by atoms with van der Waals surface area (Å²) in [4.78, 5) is 0. The highest BCUT2D eigenvalue weighted by Crippen LogP contribution is 2.26. The molecule has 2 nitrogen and oxygen atoms in total. The third kappa shape index (κ3) is 4.08. The summed E-state index contributed by atoms with van der Waals surface area (Å²) in [5, 5.41) is 3.47. The molecule has 0 radical (unpaired) electrons. The molecule has 0 aliphatic carbocycles. The minimum atomic E-state index is 0.205. The molecule has 0 aromatic carbocycles. The third-order valence-corrected chi connectivity index (χ3v) is 2.78. The average Bonchev–Trinajstić information content (AvgIpc) is 2.65. The first-order valence-corrected chi connectivity index (χ1v) is 5.76. The molecule has 0 spiro atoms. The molecule has 1 aromatic heterocycles. The predicted molar refractivity (Wildman–Crippen MR) is 64.1 cm³/mol. The molecule has 0 atom stereocenters. The monoisotopic (exact) mass is 209 g/mol. The summed E-state index contributed by atoms with van der Waals surface area (Å²) in [5.41, 5.74) is 1.49. The van der Waals surface area contributed by atoms with Crippen LogP contribution in [0.5, 0.6) is 0 Å². The van der Waals surface area contributed by atoms with Crippen molar-refractivity contribution in [1.82, 2.24) is 5.32 Å². The van der Waals surface area contributed by atoms with Crippen molar-refractivity contribution >= 4 is 0 Å². The molecule has 0 saturated carbocycles. The smallest absolute Gasteiger partial charge is 0.0939 e. The Balaban J connectivity index is 2.31. The van der Waals surface area contributed by atoms with Crippen LogP contribution in [0.1, 0.15) is 39.7 Å². The lowest BCUT2D eigenvalue weighted by Crippen LogP contribution is -2.27.